The SMILES string of the molecule is C=C([CH2-])C(=C)[CH2-].C=C([CH2-])C1([CH2-])CCC2=C(CCC2)C1.C=C1CCCC1=C.CC.CC.CC.CC.CC.CC.[Y].[Y]. The van der Waals surface area contributed by atoms with Gasteiger partial charge in [-0.05, 0) is 44.9 Å². The topological polar surface area (TPSA) is 0 Å². The van der Waals surface area contributed by atoms with Crippen molar-refractivity contribution in [2.24, 2.45) is 5.41 Å². The van der Waals surface area contributed by atoms with Crippen molar-refractivity contribution in [3.8, 4) is 0 Å². The molecule has 234 valence electrons. The average Bonchev–Trinajstić information content (AvgIpc) is 3.59. The average molecular weight is 707 g/mol. The second-order valence-electron chi connectivity index (χ2n) is 7.89. The fraction of sp³-hybridized carbons (Fsp3) is 0.579. The van der Waals surface area contributed by atoms with Crippen molar-refractivity contribution in [1.82, 2.24) is 0 Å². The van der Waals surface area contributed by atoms with Gasteiger partial charge in [0.25, 0.3) is 0 Å². The first-order valence-electron chi connectivity index (χ1n) is 15.5. The maximum absolute atomic E-state index is 4.29. The van der Waals surface area contributed by atoms with E-state index in [-0.39, 0.29) is 70.8 Å². The normalized spacial score (nSPS) is 16.5. The molecule has 0 aliphatic heterocycles. The molecule has 0 N–H and O–H groups in total. The van der Waals surface area contributed by atoms with Gasteiger partial charge in [0.15, 0.2) is 0 Å². The molecule has 0 aromatic rings. The van der Waals surface area contributed by atoms with Crippen LogP contribution >= 0.6 is 0 Å². The van der Waals surface area contributed by atoms with E-state index in [2.05, 4.69) is 60.6 Å². The molecule has 1 saturated carbocycles. The van der Waals surface area contributed by atoms with E-state index < -0.39 is 0 Å². The summed E-state index contributed by atoms with van der Waals surface area (Å²) in [6.07, 6.45) is 11.2. The zero-order valence-corrected chi connectivity index (χ0v) is 35.6. The van der Waals surface area contributed by atoms with Gasteiger partial charge in [-0.2, -0.15) is 5.41 Å². The van der Waals surface area contributed by atoms with Crippen LogP contribution in [-0.4, -0.2) is 0 Å². The third kappa shape index (κ3) is 31.2. The predicted molar refractivity (Wildman–Crippen MR) is 186 cm³/mol. The van der Waals surface area contributed by atoms with E-state index in [9.17, 15) is 0 Å². The van der Waals surface area contributed by atoms with Gasteiger partial charge in [-0.1, -0.05) is 131 Å². The molecule has 0 amide bonds. The van der Waals surface area contributed by atoms with Crippen molar-refractivity contribution in [1.29, 1.82) is 0 Å². The molecule has 3 aliphatic rings. The summed E-state index contributed by atoms with van der Waals surface area (Å²) in [5.41, 5.74) is 8.41. The molecular formula is C38H72Y2-4. The quantitative estimate of drug-likeness (QED) is 0.152. The van der Waals surface area contributed by atoms with Crippen molar-refractivity contribution in [3.05, 3.63) is 99.6 Å². The number of rotatable bonds is 2. The fourth-order valence-electron chi connectivity index (χ4n) is 3.44. The minimum atomic E-state index is 0. The summed E-state index contributed by atoms with van der Waals surface area (Å²) in [5, 5.41) is 0. The first kappa shape index (κ1) is 59.6. The minimum absolute atomic E-state index is 0. The van der Waals surface area contributed by atoms with Crippen LogP contribution in [-0.2, 0) is 65.4 Å². The van der Waals surface area contributed by atoms with Crippen LogP contribution < -0.4 is 0 Å². The molecule has 1 fully saturated rings. The third-order valence-electron chi connectivity index (χ3n) is 5.62. The molecule has 0 saturated heterocycles. The van der Waals surface area contributed by atoms with Crippen molar-refractivity contribution >= 4 is 0 Å². The molecule has 2 radical (unpaired) electrons. The first-order valence-corrected chi connectivity index (χ1v) is 15.5. The number of hydrogen-bond donors (Lipinski definition) is 0. The van der Waals surface area contributed by atoms with Gasteiger partial charge in [0.05, 0.1) is 0 Å². The summed E-state index contributed by atoms with van der Waals surface area (Å²) in [5.74, 6) is 0. The van der Waals surface area contributed by atoms with Gasteiger partial charge < -0.3 is 18.1 Å². The monoisotopic (exact) mass is 706 g/mol. The second kappa shape index (κ2) is 43.7. The standard InChI is InChI=1S/C13H18.C7H10.C6H8.6C2H6.2Y/c1-10(2)13(3)8-7-11-5-4-6-12(11)9-13;1-6-4-3-5-7(6)2;1-5(2)6(3)4;6*1-2;;/h1-9H2;1-5H2;1-4H2;6*1-2H3;;/q-2;;-2;;;;;;;;. The van der Waals surface area contributed by atoms with E-state index in [0.29, 0.717) is 11.1 Å². The Morgan fingerprint density at radius 1 is 0.550 bits per heavy atom. The van der Waals surface area contributed by atoms with Crippen LogP contribution in [0.3, 0.4) is 0 Å². The largest absolute Gasteiger partial charge is 0.336 e. The summed E-state index contributed by atoms with van der Waals surface area (Å²) < 4.78 is 0. The molecule has 0 bridgehead atoms. The zero-order chi connectivity index (χ0) is 31.9. The first-order chi connectivity index (χ1) is 18.1. The van der Waals surface area contributed by atoms with Gasteiger partial charge in [-0.25, -0.2) is 19.1 Å². The van der Waals surface area contributed by atoms with E-state index in [1.165, 1.54) is 56.1 Å². The predicted octanol–water partition coefficient (Wildman–Crippen LogP) is 14.1. The van der Waals surface area contributed by atoms with Crippen molar-refractivity contribution in [2.45, 2.75) is 141 Å². The summed E-state index contributed by atoms with van der Waals surface area (Å²) in [4.78, 5) is 0. The van der Waals surface area contributed by atoms with Crippen molar-refractivity contribution < 1.29 is 65.4 Å². The molecule has 2 heteroatoms. The molecule has 3 aliphatic carbocycles. The maximum atomic E-state index is 4.29. The second-order valence-corrected chi connectivity index (χ2v) is 7.89. The summed E-state index contributed by atoms with van der Waals surface area (Å²) in [6.45, 7) is 57.8. The summed E-state index contributed by atoms with van der Waals surface area (Å²) in [7, 11) is 0. The Morgan fingerprint density at radius 2 is 0.850 bits per heavy atom. The molecule has 40 heavy (non-hydrogen) atoms. The molecule has 1 unspecified atom stereocenters. The molecular weight excluding hydrogens is 634 g/mol. The smallest absolute Gasteiger partial charge is 0 e. The van der Waals surface area contributed by atoms with Gasteiger partial charge in [0.2, 0.25) is 0 Å². The molecule has 0 aromatic carbocycles. The zero-order valence-electron chi connectivity index (χ0n) is 29.9. The fourth-order valence-corrected chi connectivity index (χ4v) is 3.44. The maximum Gasteiger partial charge on any atom is 0 e. The number of hydrogen-bond acceptors (Lipinski definition) is 0. The van der Waals surface area contributed by atoms with E-state index in [0.717, 1.165) is 18.4 Å². The van der Waals surface area contributed by atoms with Gasteiger partial charge in [-0.15, -0.1) is 0 Å². The molecule has 0 aromatic heterocycles. The third-order valence-corrected chi connectivity index (χ3v) is 5.62. The van der Waals surface area contributed by atoms with Crippen molar-refractivity contribution in [3.63, 3.8) is 0 Å². The molecule has 0 spiro atoms. The Morgan fingerprint density at radius 3 is 1.10 bits per heavy atom. The van der Waals surface area contributed by atoms with E-state index >= 15 is 0 Å². The van der Waals surface area contributed by atoms with Gasteiger partial charge in [-0.3, -0.25) is 27.0 Å². The van der Waals surface area contributed by atoms with Gasteiger partial charge in [0.1, 0.15) is 0 Å². The van der Waals surface area contributed by atoms with Crippen LogP contribution in [0.5, 0.6) is 0 Å². The Kier molecular flexibility index (Phi) is 65.2. The Balaban J connectivity index is -0.0000000552. The van der Waals surface area contributed by atoms with Crippen LogP contribution in [0, 0.1) is 33.1 Å². The number of allylic oxidation sites excluding steroid dienone is 7. The molecule has 1 atom stereocenters. The Labute approximate surface area is 308 Å². The van der Waals surface area contributed by atoms with Crippen molar-refractivity contribution in [2.75, 3.05) is 0 Å². The van der Waals surface area contributed by atoms with Crippen LogP contribution in [0.2, 0.25) is 0 Å². The Hall–Kier alpha value is 0.258. The molecule has 3 rings (SSSR count). The van der Waals surface area contributed by atoms with E-state index in [1.54, 1.807) is 11.1 Å². The molecule has 0 nitrogen and oxygen atoms in total. The van der Waals surface area contributed by atoms with Crippen LogP contribution in [0.25, 0.3) is 0 Å². The summed E-state index contributed by atoms with van der Waals surface area (Å²) in [6, 6.07) is 0. The van der Waals surface area contributed by atoms with E-state index in [4.69, 9.17) is 0 Å². The molecule has 0 heterocycles. The van der Waals surface area contributed by atoms with E-state index in [1.807, 2.05) is 83.1 Å². The van der Waals surface area contributed by atoms with Gasteiger partial charge in [0, 0.05) is 65.4 Å². The van der Waals surface area contributed by atoms with Crippen LogP contribution in [0.1, 0.15) is 141 Å². The van der Waals surface area contributed by atoms with Crippen LogP contribution in [0.15, 0.2) is 71.9 Å². The van der Waals surface area contributed by atoms with Gasteiger partial charge >= 0.3 is 0 Å². The minimum Gasteiger partial charge on any atom is -0.336 e. The Bertz CT molecular complexity index is 608. The van der Waals surface area contributed by atoms with Crippen LogP contribution in [0.4, 0.5) is 0 Å². The summed E-state index contributed by atoms with van der Waals surface area (Å²) >= 11 is 0.